The quantitative estimate of drug-likeness (QED) is 0.852. The largest absolute Gasteiger partial charge is 0.497 e. The minimum Gasteiger partial charge on any atom is -0.497 e. The monoisotopic (exact) mass is 354 g/mol. The Hall–Kier alpha value is -1.26. The van der Waals surface area contributed by atoms with E-state index in [0.717, 1.165) is 37.0 Å². The molecule has 2 N–H and O–H groups in total. The second kappa shape index (κ2) is 8.21. The van der Waals surface area contributed by atoms with E-state index in [1.807, 2.05) is 30.1 Å². The molecular weight excluding hydrogens is 324 g/mol. The molecule has 1 aromatic rings. The van der Waals surface area contributed by atoms with E-state index >= 15 is 0 Å². The maximum absolute atomic E-state index is 13.3. The zero-order valence-corrected chi connectivity index (χ0v) is 16.1. The Morgan fingerprint density at radius 3 is 2.50 bits per heavy atom. The van der Waals surface area contributed by atoms with E-state index in [9.17, 15) is 4.79 Å². The molecule has 0 radical (unpaired) electrons. The summed E-state index contributed by atoms with van der Waals surface area (Å²) in [7, 11) is 3.57. The van der Waals surface area contributed by atoms with E-state index in [-0.39, 0.29) is 23.7 Å². The first-order valence-corrected chi connectivity index (χ1v) is 8.45. The highest BCUT2D eigenvalue weighted by Crippen LogP contribution is 2.43. The van der Waals surface area contributed by atoms with Crippen molar-refractivity contribution in [1.29, 1.82) is 0 Å². The van der Waals surface area contributed by atoms with Crippen LogP contribution in [0.1, 0.15) is 45.1 Å². The summed E-state index contributed by atoms with van der Waals surface area (Å²) >= 11 is 0. The van der Waals surface area contributed by atoms with Gasteiger partial charge in [0.15, 0.2) is 0 Å². The van der Waals surface area contributed by atoms with Crippen LogP contribution in [0.3, 0.4) is 0 Å². The van der Waals surface area contributed by atoms with Gasteiger partial charge in [-0.2, -0.15) is 0 Å². The molecular formula is C19H31ClN2O2. The van der Waals surface area contributed by atoms with E-state index in [4.69, 9.17) is 10.5 Å². The molecule has 0 bridgehead atoms. The number of nitrogens with two attached hydrogens (primary N) is 1. The number of likely N-dealkylation sites (N-methyl/N-ethyl adjacent to an activating group) is 1. The molecule has 0 unspecified atom stereocenters. The molecule has 2 rings (SSSR count). The molecule has 136 valence electrons. The molecule has 0 spiro atoms. The van der Waals surface area contributed by atoms with Gasteiger partial charge in [-0.3, -0.25) is 4.79 Å². The number of carbonyl (C=O) groups excluding carboxylic acids is 1. The van der Waals surface area contributed by atoms with Gasteiger partial charge >= 0.3 is 0 Å². The van der Waals surface area contributed by atoms with Gasteiger partial charge in [0, 0.05) is 13.6 Å². The summed E-state index contributed by atoms with van der Waals surface area (Å²) in [5.41, 5.74) is 6.44. The average Bonchev–Trinajstić information content (AvgIpc) is 3.04. The van der Waals surface area contributed by atoms with Crippen molar-refractivity contribution in [3.8, 4) is 5.75 Å². The van der Waals surface area contributed by atoms with Crippen LogP contribution < -0.4 is 10.5 Å². The molecule has 0 atom stereocenters. The number of nitrogens with zero attached hydrogens (tertiary/aromatic N) is 1. The number of benzene rings is 1. The van der Waals surface area contributed by atoms with Crippen LogP contribution in [0.2, 0.25) is 0 Å². The lowest BCUT2D eigenvalue weighted by Gasteiger charge is -2.36. The Bertz CT molecular complexity index is 554. The Morgan fingerprint density at radius 1 is 1.33 bits per heavy atom. The number of methoxy groups -OCH3 is 1. The first-order valence-electron chi connectivity index (χ1n) is 8.45. The number of hydrogen-bond donors (Lipinski definition) is 1. The number of amides is 1. The van der Waals surface area contributed by atoms with Gasteiger partial charge in [0.25, 0.3) is 0 Å². The van der Waals surface area contributed by atoms with Gasteiger partial charge in [-0.1, -0.05) is 38.8 Å². The van der Waals surface area contributed by atoms with Gasteiger partial charge in [0.05, 0.1) is 12.5 Å². The molecule has 1 fully saturated rings. The predicted octanol–water partition coefficient (Wildman–Crippen LogP) is 3.37. The molecule has 0 aliphatic heterocycles. The van der Waals surface area contributed by atoms with Crippen LogP contribution in [-0.4, -0.2) is 38.1 Å². The van der Waals surface area contributed by atoms with Crippen LogP contribution in [0.4, 0.5) is 0 Å². The van der Waals surface area contributed by atoms with E-state index in [0.29, 0.717) is 13.1 Å². The molecule has 1 aliphatic carbocycles. The Balaban J connectivity index is 0.00000288. The fraction of sp³-hybridized carbons (Fsp3) is 0.632. The van der Waals surface area contributed by atoms with Crippen LogP contribution in [0.25, 0.3) is 0 Å². The molecule has 4 nitrogen and oxygen atoms in total. The first kappa shape index (κ1) is 20.8. The highest BCUT2D eigenvalue weighted by Gasteiger charge is 2.44. The molecule has 1 aliphatic rings. The molecule has 5 heteroatoms. The van der Waals surface area contributed by atoms with Crippen molar-refractivity contribution < 1.29 is 9.53 Å². The van der Waals surface area contributed by atoms with E-state index in [2.05, 4.69) is 19.9 Å². The van der Waals surface area contributed by atoms with Gasteiger partial charge in [0.2, 0.25) is 5.91 Å². The average molecular weight is 355 g/mol. The lowest BCUT2D eigenvalue weighted by Crippen LogP contribution is -2.48. The number of rotatable bonds is 6. The molecule has 1 amide bonds. The first-order chi connectivity index (χ1) is 10.8. The van der Waals surface area contributed by atoms with Crippen molar-refractivity contribution in [2.24, 2.45) is 11.1 Å². The van der Waals surface area contributed by atoms with E-state index in [1.54, 1.807) is 7.11 Å². The lowest BCUT2D eigenvalue weighted by atomic mass is 9.77. The van der Waals surface area contributed by atoms with Gasteiger partial charge in [-0.15, -0.1) is 12.4 Å². The van der Waals surface area contributed by atoms with Crippen LogP contribution in [0.5, 0.6) is 5.75 Å². The summed E-state index contributed by atoms with van der Waals surface area (Å²) in [4.78, 5) is 15.2. The Morgan fingerprint density at radius 2 is 1.96 bits per heavy atom. The fourth-order valence-corrected chi connectivity index (χ4v) is 3.67. The van der Waals surface area contributed by atoms with Crippen molar-refractivity contribution >= 4 is 18.3 Å². The molecule has 0 saturated heterocycles. The smallest absolute Gasteiger partial charge is 0.232 e. The maximum Gasteiger partial charge on any atom is 0.232 e. The zero-order valence-electron chi connectivity index (χ0n) is 15.3. The summed E-state index contributed by atoms with van der Waals surface area (Å²) < 4.78 is 5.36. The normalized spacial score (nSPS) is 16.4. The van der Waals surface area contributed by atoms with Crippen molar-refractivity contribution in [1.82, 2.24) is 4.90 Å². The standard InChI is InChI=1S/C19H30N2O2.ClH/c1-18(2,13-20)14-21(3)17(22)19(10-5-6-11-19)15-8-7-9-16(12-15)23-4;/h7-9,12H,5-6,10-11,13-14,20H2,1-4H3;1H. The summed E-state index contributed by atoms with van der Waals surface area (Å²) in [5, 5.41) is 0. The number of hydrogen-bond acceptors (Lipinski definition) is 3. The number of ether oxygens (including phenoxy) is 1. The molecule has 24 heavy (non-hydrogen) atoms. The highest BCUT2D eigenvalue weighted by molar-refractivity contribution is 5.88. The van der Waals surface area contributed by atoms with Crippen LogP contribution >= 0.6 is 12.4 Å². The van der Waals surface area contributed by atoms with Gasteiger partial charge in [-0.05, 0) is 42.5 Å². The second-order valence-corrected chi connectivity index (χ2v) is 7.55. The van der Waals surface area contributed by atoms with Gasteiger partial charge in [-0.25, -0.2) is 0 Å². The third-order valence-corrected chi connectivity index (χ3v) is 5.05. The fourth-order valence-electron chi connectivity index (χ4n) is 3.67. The van der Waals surface area contributed by atoms with Crippen molar-refractivity contribution in [3.05, 3.63) is 29.8 Å². The molecule has 0 heterocycles. The SMILES string of the molecule is COc1cccc(C2(C(=O)N(C)CC(C)(C)CN)CCCC2)c1.Cl. The lowest BCUT2D eigenvalue weighted by molar-refractivity contribution is -0.137. The minimum absolute atomic E-state index is 0. The maximum atomic E-state index is 13.3. The summed E-state index contributed by atoms with van der Waals surface area (Å²) in [6, 6.07) is 7.99. The van der Waals surface area contributed by atoms with Crippen LogP contribution in [-0.2, 0) is 10.2 Å². The Kier molecular flexibility index (Phi) is 7.11. The van der Waals surface area contributed by atoms with Crippen molar-refractivity contribution in [3.63, 3.8) is 0 Å². The zero-order chi connectivity index (χ0) is 17.1. The predicted molar refractivity (Wildman–Crippen MR) is 101 cm³/mol. The van der Waals surface area contributed by atoms with Gasteiger partial charge < -0.3 is 15.4 Å². The van der Waals surface area contributed by atoms with E-state index < -0.39 is 5.41 Å². The molecule has 1 aromatic carbocycles. The summed E-state index contributed by atoms with van der Waals surface area (Å²) in [6.45, 7) is 5.44. The number of carbonyl (C=O) groups is 1. The number of halogens is 1. The van der Waals surface area contributed by atoms with Crippen LogP contribution in [0.15, 0.2) is 24.3 Å². The summed E-state index contributed by atoms with van der Waals surface area (Å²) in [5.74, 6) is 1.02. The third kappa shape index (κ3) is 4.22. The second-order valence-electron chi connectivity index (χ2n) is 7.55. The highest BCUT2D eigenvalue weighted by atomic mass is 35.5. The third-order valence-electron chi connectivity index (χ3n) is 5.05. The summed E-state index contributed by atoms with van der Waals surface area (Å²) in [6.07, 6.45) is 4.01. The Labute approximate surface area is 152 Å². The topological polar surface area (TPSA) is 55.6 Å². The van der Waals surface area contributed by atoms with E-state index in [1.165, 1.54) is 0 Å². The van der Waals surface area contributed by atoms with Crippen LogP contribution in [0, 0.1) is 5.41 Å². The molecule has 1 saturated carbocycles. The van der Waals surface area contributed by atoms with Crippen molar-refractivity contribution in [2.45, 2.75) is 44.9 Å². The van der Waals surface area contributed by atoms with Crippen molar-refractivity contribution in [2.75, 3.05) is 27.2 Å². The van der Waals surface area contributed by atoms with Gasteiger partial charge in [0.1, 0.15) is 5.75 Å². The molecule has 0 aromatic heterocycles. The minimum atomic E-state index is -0.409.